The summed E-state index contributed by atoms with van der Waals surface area (Å²) in [6.07, 6.45) is 0. The van der Waals surface area contributed by atoms with Crippen LogP contribution >= 0.6 is 11.8 Å². The van der Waals surface area contributed by atoms with Gasteiger partial charge in [-0.3, -0.25) is 0 Å². The second kappa shape index (κ2) is 4.34. The van der Waals surface area contributed by atoms with Gasteiger partial charge in [0.15, 0.2) is 0 Å². The van der Waals surface area contributed by atoms with Crippen LogP contribution in [-0.2, 0) is 0 Å². The second-order valence-corrected chi connectivity index (χ2v) is 3.75. The van der Waals surface area contributed by atoms with E-state index in [4.69, 9.17) is 15.2 Å². The number of phenolic OH excluding ortho intramolecular Hbond substituents is 1. The van der Waals surface area contributed by atoms with Gasteiger partial charge in [0.2, 0.25) is 0 Å². The van der Waals surface area contributed by atoms with Gasteiger partial charge in [-0.2, -0.15) is 13.2 Å². The van der Waals surface area contributed by atoms with Crippen LogP contribution in [0.15, 0.2) is 23.1 Å². The molecule has 1 aromatic carbocycles. The normalized spacial score (nSPS) is 11.5. The average molecular weight is 238 g/mol. The van der Waals surface area contributed by atoms with Crippen LogP contribution in [0, 0.1) is 0 Å². The first-order chi connectivity index (χ1) is 6.79. The molecule has 15 heavy (non-hydrogen) atoms. The van der Waals surface area contributed by atoms with Gasteiger partial charge < -0.3 is 15.2 Å². The molecule has 8 heteroatoms. The Bertz CT molecular complexity index is 356. The third-order valence-electron chi connectivity index (χ3n) is 1.50. The molecule has 0 saturated carbocycles. The Balaban J connectivity index is 3.06. The van der Waals surface area contributed by atoms with Crippen LogP contribution < -0.4 is 5.46 Å². The van der Waals surface area contributed by atoms with Crippen LogP contribution in [0.1, 0.15) is 0 Å². The molecular formula is C7H6BF3O3S. The number of halogens is 3. The van der Waals surface area contributed by atoms with Crippen LogP contribution in [0.5, 0.6) is 5.75 Å². The Morgan fingerprint density at radius 2 is 1.80 bits per heavy atom. The summed E-state index contributed by atoms with van der Waals surface area (Å²) in [6, 6.07) is 2.89. The molecule has 0 heterocycles. The van der Waals surface area contributed by atoms with Gasteiger partial charge >= 0.3 is 12.6 Å². The molecule has 1 rings (SSSR count). The van der Waals surface area contributed by atoms with Gasteiger partial charge in [0.25, 0.3) is 0 Å². The average Bonchev–Trinajstić information content (AvgIpc) is 2.05. The molecule has 0 aliphatic carbocycles. The van der Waals surface area contributed by atoms with Crippen molar-refractivity contribution in [3.8, 4) is 5.75 Å². The molecular weight excluding hydrogens is 232 g/mol. The lowest BCUT2D eigenvalue weighted by molar-refractivity contribution is -0.0327. The Kier molecular flexibility index (Phi) is 3.53. The molecule has 0 aromatic heterocycles. The zero-order valence-corrected chi connectivity index (χ0v) is 8.01. The topological polar surface area (TPSA) is 60.7 Å². The minimum atomic E-state index is -4.51. The first kappa shape index (κ1) is 12.2. The summed E-state index contributed by atoms with van der Waals surface area (Å²) in [4.78, 5) is -0.352. The summed E-state index contributed by atoms with van der Waals surface area (Å²) in [6.45, 7) is 0. The fraction of sp³-hybridized carbons (Fsp3) is 0.143. The van der Waals surface area contributed by atoms with Crippen molar-refractivity contribution in [3.63, 3.8) is 0 Å². The maximum absolute atomic E-state index is 12.0. The Morgan fingerprint density at radius 3 is 2.27 bits per heavy atom. The van der Waals surface area contributed by atoms with E-state index in [1.807, 2.05) is 0 Å². The highest BCUT2D eigenvalue weighted by Gasteiger charge is 2.32. The van der Waals surface area contributed by atoms with Crippen molar-refractivity contribution in [2.24, 2.45) is 0 Å². The summed E-state index contributed by atoms with van der Waals surface area (Å²) < 4.78 is 36.1. The number of hydrogen-bond acceptors (Lipinski definition) is 4. The van der Waals surface area contributed by atoms with Crippen LogP contribution in [0.25, 0.3) is 0 Å². The molecule has 0 atom stereocenters. The number of rotatable bonds is 2. The van der Waals surface area contributed by atoms with Crippen molar-refractivity contribution in [3.05, 3.63) is 18.2 Å². The molecule has 82 valence electrons. The predicted molar refractivity (Wildman–Crippen MR) is 49.8 cm³/mol. The van der Waals surface area contributed by atoms with Crippen molar-refractivity contribution in [2.45, 2.75) is 10.4 Å². The fourth-order valence-electron chi connectivity index (χ4n) is 0.955. The van der Waals surface area contributed by atoms with Gasteiger partial charge in [-0.15, -0.1) is 0 Å². The molecule has 0 aliphatic heterocycles. The van der Waals surface area contributed by atoms with Crippen molar-refractivity contribution in [1.29, 1.82) is 0 Å². The highest BCUT2D eigenvalue weighted by molar-refractivity contribution is 8.00. The largest absolute Gasteiger partial charge is 0.508 e. The monoisotopic (exact) mass is 238 g/mol. The molecule has 0 unspecified atom stereocenters. The molecule has 0 spiro atoms. The van der Waals surface area contributed by atoms with Gasteiger partial charge in [-0.25, -0.2) is 0 Å². The minimum absolute atomic E-state index is 0.329. The number of hydrogen-bond donors (Lipinski definition) is 3. The first-order valence-corrected chi connectivity index (χ1v) is 4.56. The van der Waals surface area contributed by atoms with E-state index in [1.165, 1.54) is 0 Å². The summed E-state index contributed by atoms with van der Waals surface area (Å²) in [5.74, 6) is -0.329. The van der Waals surface area contributed by atoms with E-state index in [1.54, 1.807) is 0 Å². The van der Waals surface area contributed by atoms with Crippen LogP contribution in [0.3, 0.4) is 0 Å². The summed E-state index contributed by atoms with van der Waals surface area (Å²) in [5.41, 5.74) is -4.89. The molecule has 0 amide bonds. The number of phenols is 1. The van der Waals surface area contributed by atoms with Gasteiger partial charge in [0.1, 0.15) is 5.75 Å². The van der Waals surface area contributed by atoms with E-state index in [2.05, 4.69) is 0 Å². The highest BCUT2D eigenvalue weighted by atomic mass is 32.2. The fourth-order valence-corrected chi connectivity index (χ4v) is 1.62. The van der Waals surface area contributed by atoms with E-state index in [-0.39, 0.29) is 16.1 Å². The first-order valence-electron chi connectivity index (χ1n) is 3.74. The smallest absolute Gasteiger partial charge is 0.489 e. The Hall–Kier alpha value is -0.855. The predicted octanol–water partition coefficient (Wildman–Crippen LogP) is 0.684. The standard InChI is InChI=1S/C7H6BF3O3S/c9-7(10,11)15-6-2-1-4(12)3-5(6)8(13)14/h1-3,12-14H. The lowest BCUT2D eigenvalue weighted by atomic mass is 9.80. The Labute approximate surface area is 87.7 Å². The zero-order valence-electron chi connectivity index (χ0n) is 7.19. The van der Waals surface area contributed by atoms with E-state index in [9.17, 15) is 13.2 Å². The lowest BCUT2D eigenvalue weighted by Crippen LogP contribution is -2.32. The van der Waals surface area contributed by atoms with Crippen molar-refractivity contribution in [1.82, 2.24) is 0 Å². The van der Waals surface area contributed by atoms with Crippen LogP contribution in [0.2, 0.25) is 0 Å². The molecule has 0 aliphatic rings. The molecule has 0 saturated heterocycles. The zero-order chi connectivity index (χ0) is 11.6. The SMILES string of the molecule is OB(O)c1cc(O)ccc1SC(F)(F)F. The Morgan fingerprint density at radius 1 is 1.20 bits per heavy atom. The molecule has 0 bridgehead atoms. The van der Waals surface area contributed by atoms with Gasteiger partial charge in [0.05, 0.1) is 0 Å². The van der Waals surface area contributed by atoms with Crippen LogP contribution in [-0.4, -0.2) is 27.8 Å². The molecule has 0 radical (unpaired) electrons. The maximum atomic E-state index is 12.0. The molecule has 3 N–H and O–H groups in total. The van der Waals surface area contributed by atoms with E-state index in [0.29, 0.717) is 0 Å². The third kappa shape index (κ3) is 3.65. The lowest BCUT2D eigenvalue weighted by Gasteiger charge is -2.10. The number of alkyl halides is 3. The summed E-state index contributed by atoms with van der Waals surface area (Å²) >= 11 is -0.467. The quantitative estimate of drug-likeness (QED) is 0.523. The number of thioether (sulfide) groups is 1. The van der Waals surface area contributed by atoms with Gasteiger partial charge in [-0.05, 0) is 35.4 Å². The molecule has 0 fully saturated rings. The third-order valence-corrected chi connectivity index (χ3v) is 2.32. The van der Waals surface area contributed by atoms with E-state index < -0.39 is 24.4 Å². The second-order valence-electron chi connectivity index (χ2n) is 2.64. The van der Waals surface area contributed by atoms with E-state index >= 15 is 0 Å². The highest BCUT2D eigenvalue weighted by Crippen LogP contribution is 2.36. The minimum Gasteiger partial charge on any atom is -0.508 e. The number of aromatic hydroxyl groups is 1. The van der Waals surface area contributed by atoms with Crippen LogP contribution in [0.4, 0.5) is 13.2 Å². The van der Waals surface area contributed by atoms with Crippen molar-refractivity contribution < 1.29 is 28.3 Å². The molecule has 1 aromatic rings. The molecule has 3 nitrogen and oxygen atoms in total. The van der Waals surface area contributed by atoms with Crippen molar-refractivity contribution >= 4 is 24.3 Å². The maximum Gasteiger partial charge on any atom is 0.489 e. The van der Waals surface area contributed by atoms with Gasteiger partial charge in [0, 0.05) is 4.90 Å². The summed E-state index contributed by atoms with van der Waals surface area (Å²) in [7, 11) is -2.05. The van der Waals surface area contributed by atoms with Crippen molar-refractivity contribution in [2.75, 3.05) is 0 Å². The van der Waals surface area contributed by atoms with E-state index in [0.717, 1.165) is 18.2 Å². The number of benzene rings is 1. The summed E-state index contributed by atoms with van der Waals surface area (Å²) in [5, 5.41) is 26.6. The van der Waals surface area contributed by atoms with Gasteiger partial charge in [-0.1, -0.05) is 0 Å².